The van der Waals surface area contributed by atoms with E-state index in [-0.39, 0.29) is 19.1 Å². The number of ether oxygens (including phenoxy) is 2. The summed E-state index contributed by atoms with van der Waals surface area (Å²) in [6.45, 7) is 0.629. The lowest BCUT2D eigenvalue weighted by molar-refractivity contribution is -0.125. The molecular formula is C17H20N4O4. The lowest BCUT2D eigenvalue weighted by Crippen LogP contribution is -2.45. The molecular weight excluding hydrogens is 324 g/mol. The quantitative estimate of drug-likeness (QED) is 0.847. The maximum atomic E-state index is 12.5. The molecule has 1 aromatic carbocycles. The molecule has 1 fully saturated rings. The molecule has 1 N–H and O–H groups in total. The lowest BCUT2D eigenvalue weighted by atomic mass is 10.2. The fraction of sp³-hybridized carbons (Fsp3) is 0.353. The van der Waals surface area contributed by atoms with Crippen molar-refractivity contribution in [3.05, 3.63) is 48.0 Å². The van der Waals surface area contributed by atoms with Gasteiger partial charge in [-0.05, 0) is 17.7 Å². The molecule has 2 amide bonds. The van der Waals surface area contributed by atoms with Gasteiger partial charge in [0.2, 0.25) is 5.91 Å². The Morgan fingerprint density at radius 1 is 1.40 bits per heavy atom. The Labute approximate surface area is 145 Å². The number of amides is 2. The first-order valence-electron chi connectivity index (χ1n) is 7.88. The van der Waals surface area contributed by atoms with E-state index in [1.165, 1.54) is 4.90 Å². The summed E-state index contributed by atoms with van der Waals surface area (Å²) in [6, 6.07) is 6.75. The van der Waals surface area contributed by atoms with E-state index >= 15 is 0 Å². The molecule has 0 saturated carbocycles. The molecule has 2 heterocycles. The number of nitrogens with zero attached hydrogens (tertiary/aromatic N) is 3. The Hall–Kier alpha value is -3.03. The fourth-order valence-electron chi connectivity index (χ4n) is 2.59. The van der Waals surface area contributed by atoms with Crippen molar-refractivity contribution in [3.63, 3.8) is 0 Å². The largest absolute Gasteiger partial charge is 0.497 e. The van der Waals surface area contributed by atoms with Crippen LogP contribution >= 0.6 is 0 Å². The van der Waals surface area contributed by atoms with Gasteiger partial charge in [0.05, 0.1) is 13.7 Å². The van der Waals surface area contributed by atoms with Crippen LogP contribution in [-0.2, 0) is 29.7 Å². The zero-order chi connectivity index (χ0) is 17.8. The van der Waals surface area contributed by atoms with Crippen molar-refractivity contribution in [3.8, 4) is 5.75 Å². The number of imidazole rings is 1. The van der Waals surface area contributed by atoms with Crippen LogP contribution in [0.1, 0.15) is 11.4 Å². The summed E-state index contributed by atoms with van der Waals surface area (Å²) >= 11 is 0. The summed E-state index contributed by atoms with van der Waals surface area (Å²) in [5.74, 6) is 1.19. The van der Waals surface area contributed by atoms with Gasteiger partial charge in [-0.25, -0.2) is 9.78 Å². The molecule has 1 aromatic heterocycles. The molecule has 1 aliphatic rings. The molecule has 0 spiro atoms. The Kier molecular flexibility index (Phi) is 4.87. The summed E-state index contributed by atoms with van der Waals surface area (Å²) in [5, 5.41) is 2.84. The van der Waals surface area contributed by atoms with Gasteiger partial charge in [-0.15, -0.1) is 0 Å². The minimum atomic E-state index is -0.664. The van der Waals surface area contributed by atoms with Gasteiger partial charge in [0.15, 0.2) is 0 Å². The van der Waals surface area contributed by atoms with Crippen LogP contribution in [0.5, 0.6) is 5.75 Å². The molecule has 8 nitrogen and oxygen atoms in total. The zero-order valence-corrected chi connectivity index (χ0v) is 14.1. The third-order valence-corrected chi connectivity index (χ3v) is 4.14. The minimum Gasteiger partial charge on any atom is -0.497 e. The van der Waals surface area contributed by atoms with Crippen LogP contribution in [0, 0.1) is 0 Å². The van der Waals surface area contributed by atoms with Gasteiger partial charge >= 0.3 is 6.09 Å². The Bertz CT molecular complexity index is 756. The number of hydrogen-bond donors (Lipinski definition) is 1. The number of carbonyl (C=O) groups excluding carboxylic acids is 2. The van der Waals surface area contributed by atoms with Gasteiger partial charge in [0.25, 0.3) is 0 Å². The first-order chi connectivity index (χ1) is 12.1. The molecule has 0 radical (unpaired) electrons. The van der Waals surface area contributed by atoms with Crippen molar-refractivity contribution in [1.82, 2.24) is 19.8 Å². The second kappa shape index (κ2) is 7.25. The molecule has 8 heteroatoms. The number of aryl methyl sites for hydroxylation is 1. The summed E-state index contributed by atoms with van der Waals surface area (Å²) in [4.78, 5) is 30.0. The number of cyclic esters (lactones) is 1. The SMILES string of the molecule is COc1ccc(CNC(=O)[C@@H]2COC(=O)N2Cc2nccn2C)cc1. The van der Waals surface area contributed by atoms with E-state index in [1.54, 1.807) is 24.1 Å². The van der Waals surface area contributed by atoms with Gasteiger partial charge in [0, 0.05) is 26.0 Å². The third-order valence-electron chi connectivity index (χ3n) is 4.14. The lowest BCUT2D eigenvalue weighted by Gasteiger charge is -2.20. The van der Waals surface area contributed by atoms with E-state index in [0.717, 1.165) is 11.3 Å². The van der Waals surface area contributed by atoms with E-state index in [0.29, 0.717) is 12.4 Å². The first kappa shape index (κ1) is 16.8. The van der Waals surface area contributed by atoms with Crippen LogP contribution in [0.3, 0.4) is 0 Å². The number of rotatable bonds is 6. The standard InChI is InChI=1S/C17H20N4O4/c1-20-8-7-18-15(20)10-21-14(11-25-17(21)23)16(22)19-9-12-3-5-13(24-2)6-4-12/h3-8,14H,9-11H2,1-2H3,(H,19,22)/t14-/m0/s1. The van der Waals surface area contributed by atoms with Crippen LogP contribution in [0.15, 0.2) is 36.7 Å². The van der Waals surface area contributed by atoms with Crippen LogP contribution in [0.25, 0.3) is 0 Å². The molecule has 0 bridgehead atoms. The van der Waals surface area contributed by atoms with Crippen LogP contribution in [0.2, 0.25) is 0 Å². The normalized spacial score (nSPS) is 16.6. The van der Waals surface area contributed by atoms with E-state index in [1.807, 2.05) is 31.3 Å². The minimum absolute atomic E-state index is 0.0394. The number of benzene rings is 1. The van der Waals surface area contributed by atoms with Crippen LogP contribution < -0.4 is 10.1 Å². The average Bonchev–Trinajstić information content (AvgIpc) is 3.20. The molecule has 1 aliphatic heterocycles. The van der Waals surface area contributed by atoms with E-state index in [9.17, 15) is 9.59 Å². The topological polar surface area (TPSA) is 85.7 Å². The molecule has 132 valence electrons. The Morgan fingerprint density at radius 3 is 2.80 bits per heavy atom. The summed E-state index contributed by atoms with van der Waals surface area (Å²) < 4.78 is 12.0. The summed E-state index contributed by atoms with van der Waals surface area (Å²) in [7, 11) is 3.44. The smallest absolute Gasteiger partial charge is 0.411 e. The highest BCUT2D eigenvalue weighted by Gasteiger charge is 2.38. The number of hydrogen-bond acceptors (Lipinski definition) is 5. The molecule has 3 rings (SSSR count). The maximum Gasteiger partial charge on any atom is 0.411 e. The Morgan fingerprint density at radius 2 is 2.16 bits per heavy atom. The van der Waals surface area contributed by atoms with Gasteiger partial charge < -0.3 is 19.4 Å². The van der Waals surface area contributed by atoms with Crippen molar-refractivity contribution in [2.75, 3.05) is 13.7 Å². The first-order valence-corrected chi connectivity index (χ1v) is 7.88. The third kappa shape index (κ3) is 3.73. The van der Waals surface area contributed by atoms with Gasteiger partial charge in [-0.1, -0.05) is 12.1 Å². The maximum absolute atomic E-state index is 12.5. The fourth-order valence-corrected chi connectivity index (χ4v) is 2.59. The molecule has 2 aromatic rings. The van der Waals surface area contributed by atoms with Crippen molar-refractivity contribution in [1.29, 1.82) is 0 Å². The highest BCUT2D eigenvalue weighted by Crippen LogP contribution is 2.16. The molecule has 0 unspecified atom stereocenters. The molecule has 1 atom stereocenters. The van der Waals surface area contributed by atoms with Crippen LogP contribution in [-0.4, -0.2) is 46.2 Å². The van der Waals surface area contributed by atoms with Crippen molar-refractivity contribution in [2.24, 2.45) is 7.05 Å². The second-order valence-corrected chi connectivity index (χ2v) is 5.74. The number of aromatic nitrogens is 2. The average molecular weight is 344 g/mol. The Balaban J connectivity index is 1.61. The molecule has 25 heavy (non-hydrogen) atoms. The van der Waals surface area contributed by atoms with Crippen LogP contribution in [0.4, 0.5) is 4.79 Å². The number of carbonyl (C=O) groups is 2. The van der Waals surface area contributed by atoms with E-state index in [4.69, 9.17) is 9.47 Å². The summed E-state index contributed by atoms with van der Waals surface area (Å²) in [5.41, 5.74) is 0.940. The molecule has 1 saturated heterocycles. The summed E-state index contributed by atoms with van der Waals surface area (Å²) in [6.07, 6.45) is 2.93. The van der Waals surface area contributed by atoms with Crippen molar-refractivity contribution in [2.45, 2.75) is 19.1 Å². The second-order valence-electron chi connectivity index (χ2n) is 5.74. The number of nitrogens with one attached hydrogen (secondary N) is 1. The predicted octanol–water partition coefficient (Wildman–Crippen LogP) is 1.07. The van der Waals surface area contributed by atoms with Gasteiger partial charge in [-0.3, -0.25) is 9.69 Å². The number of methoxy groups -OCH3 is 1. The monoisotopic (exact) mass is 344 g/mol. The van der Waals surface area contributed by atoms with Crippen molar-refractivity contribution < 1.29 is 19.1 Å². The van der Waals surface area contributed by atoms with E-state index in [2.05, 4.69) is 10.3 Å². The zero-order valence-electron chi connectivity index (χ0n) is 14.1. The highest BCUT2D eigenvalue weighted by atomic mass is 16.6. The van der Waals surface area contributed by atoms with Gasteiger partial charge in [0.1, 0.15) is 24.2 Å². The van der Waals surface area contributed by atoms with E-state index < -0.39 is 12.1 Å². The predicted molar refractivity (Wildman–Crippen MR) is 88.7 cm³/mol. The highest BCUT2D eigenvalue weighted by molar-refractivity contribution is 5.87. The molecule has 0 aliphatic carbocycles. The van der Waals surface area contributed by atoms with Gasteiger partial charge in [-0.2, -0.15) is 0 Å². The van der Waals surface area contributed by atoms with Crippen molar-refractivity contribution >= 4 is 12.0 Å².